The molecule has 4 N–H and O–H groups in total. The van der Waals surface area contributed by atoms with E-state index >= 15 is 0 Å². The Hall–Kier alpha value is -1.86. The molecule has 0 spiro atoms. The van der Waals surface area contributed by atoms with Crippen LogP contribution in [-0.2, 0) is 4.74 Å². The molecular formula is C14H22N4O3. The Morgan fingerprint density at radius 3 is 2.90 bits per heavy atom. The number of aromatic nitrogens is 1. The summed E-state index contributed by atoms with van der Waals surface area (Å²) in [5, 5.41) is 21.5. The molecule has 2 unspecified atom stereocenters. The second kappa shape index (κ2) is 6.28. The summed E-state index contributed by atoms with van der Waals surface area (Å²) in [7, 11) is 0. The number of hydrogen-bond acceptors (Lipinski definition) is 6. The minimum atomic E-state index is -0.260. The fraction of sp³-hybridized carbons (Fsp3) is 0.571. The van der Waals surface area contributed by atoms with Crippen LogP contribution >= 0.6 is 0 Å². The lowest BCUT2D eigenvalue weighted by molar-refractivity contribution is -0.0106. The van der Waals surface area contributed by atoms with E-state index in [0.29, 0.717) is 24.5 Å². The molecule has 7 heteroatoms. The van der Waals surface area contributed by atoms with Crippen LogP contribution in [0.25, 0.3) is 0 Å². The van der Waals surface area contributed by atoms with Gasteiger partial charge in [-0.15, -0.1) is 0 Å². The summed E-state index contributed by atoms with van der Waals surface area (Å²) >= 11 is 0. The Morgan fingerprint density at radius 2 is 2.29 bits per heavy atom. The molecular weight excluding hydrogens is 272 g/mol. The molecule has 1 fully saturated rings. The zero-order chi connectivity index (χ0) is 15.6. The number of anilines is 1. The fourth-order valence-electron chi connectivity index (χ4n) is 2.61. The topological polar surface area (TPSA) is 104 Å². The van der Waals surface area contributed by atoms with Crippen molar-refractivity contribution in [3.8, 4) is 0 Å². The largest absolute Gasteiger partial charge is 0.409 e. The number of nitrogens with zero attached hydrogens (tertiary/aromatic N) is 3. The quantitative estimate of drug-likeness (QED) is 0.322. The number of hydrogen-bond donors (Lipinski definition) is 3. The number of aliphatic hydroxyl groups excluding tert-OH is 1. The van der Waals surface area contributed by atoms with Gasteiger partial charge >= 0.3 is 0 Å². The summed E-state index contributed by atoms with van der Waals surface area (Å²) < 4.78 is 5.55. The first kappa shape index (κ1) is 15.5. The van der Waals surface area contributed by atoms with Crippen molar-refractivity contribution >= 4 is 11.7 Å². The van der Waals surface area contributed by atoms with Crippen molar-refractivity contribution in [3.05, 3.63) is 22.9 Å². The number of rotatable bonds is 3. The van der Waals surface area contributed by atoms with Crippen LogP contribution in [0.15, 0.2) is 11.2 Å². The van der Waals surface area contributed by atoms with Crippen LogP contribution in [0.2, 0.25) is 0 Å². The van der Waals surface area contributed by atoms with Crippen LogP contribution in [0.1, 0.15) is 23.7 Å². The summed E-state index contributed by atoms with van der Waals surface area (Å²) in [5.74, 6) is 0.700. The standard InChI is InChI=1S/C14H22N4O3/c1-8-4-9(2)16-14(12(8)13(15)17-20)18-5-11(6-19)21-7-10(18)3/h4,10-11,19-20H,5-7H2,1-3H3,(H2,15,17). The molecule has 1 aromatic rings. The first-order valence-corrected chi connectivity index (χ1v) is 6.93. The van der Waals surface area contributed by atoms with Crippen LogP contribution in [0, 0.1) is 13.8 Å². The van der Waals surface area contributed by atoms with Gasteiger partial charge in [0.1, 0.15) is 5.82 Å². The number of nitrogens with two attached hydrogens (primary N) is 1. The maximum atomic E-state index is 9.32. The molecule has 0 amide bonds. The van der Waals surface area contributed by atoms with Gasteiger partial charge in [-0.1, -0.05) is 5.16 Å². The maximum Gasteiger partial charge on any atom is 0.174 e. The number of amidine groups is 1. The van der Waals surface area contributed by atoms with Gasteiger partial charge in [0.05, 0.1) is 30.9 Å². The molecule has 1 aliphatic rings. The van der Waals surface area contributed by atoms with Crippen LogP contribution in [0.3, 0.4) is 0 Å². The van der Waals surface area contributed by atoms with E-state index < -0.39 is 0 Å². The van der Waals surface area contributed by atoms with Crippen LogP contribution in [-0.4, -0.2) is 53.0 Å². The average molecular weight is 294 g/mol. The minimum Gasteiger partial charge on any atom is -0.409 e. The summed E-state index contributed by atoms with van der Waals surface area (Å²) in [5.41, 5.74) is 8.19. The molecule has 1 saturated heterocycles. The van der Waals surface area contributed by atoms with Gasteiger partial charge in [0.25, 0.3) is 0 Å². The third-order valence-corrected chi connectivity index (χ3v) is 3.67. The third-order valence-electron chi connectivity index (χ3n) is 3.67. The number of pyridine rings is 1. The second-order valence-corrected chi connectivity index (χ2v) is 5.40. The highest BCUT2D eigenvalue weighted by Crippen LogP contribution is 2.26. The summed E-state index contributed by atoms with van der Waals surface area (Å²) in [4.78, 5) is 6.60. The Balaban J connectivity index is 2.50. The second-order valence-electron chi connectivity index (χ2n) is 5.40. The number of aryl methyl sites for hydroxylation is 2. The molecule has 7 nitrogen and oxygen atoms in total. The highest BCUT2D eigenvalue weighted by atomic mass is 16.5. The first-order chi connectivity index (χ1) is 9.97. The SMILES string of the molecule is Cc1cc(C)c(/C(N)=N/O)c(N2CC(CO)OCC2C)n1. The third kappa shape index (κ3) is 3.08. The highest BCUT2D eigenvalue weighted by Gasteiger charge is 2.29. The van der Waals surface area contributed by atoms with E-state index in [0.717, 1.165) is 11.3 Å². The number of aliphatic hydroxyl groups is 1. The highest BCUT2D eigenvalue weighted by molar-refractivity contribution is 6.02. The van der Waals surface area contributed by atoms with E-state index in [-0.39, 0.29) is 24.6 Å². The Morgan fingerprint density at radius 1 is 1.57 bits per heavy atom. The van der Waals surface area contributed by atoms with Gasteiger partial charge < -0.3 is 25.7 Å². The van der Waals surface area contributed by atoms with Crippen LogP contribution < -0.4 is 10.6 Å². The van der Waals surface area contributed by atoms with Crippen molar-refractivity contribution in [2.45, 2.75) is 32.9 Å². The van der Waals surface area contributed by atoms with Gasteiger partial charge in [-0.3, -0.25) is 0 Å². The fourth-order valence-corrected chi connectivity index (χ4v) is 2.61. The number of morpholine rings is 1. The Labute approximate surface area is 124 Å². The molecule has 1 aliphatic heterocycles. The van der Waals surface area contributed by atoms with Crippen molar-refractivity contribution in [3.63, 3.8) is 0 Å². The lowest BCUT2D eigenvalue weighted by atomic mass is 10.1. The van der Waals surface area contributed by atoms with Crippen molar-refractivity contribution < 1.29 is 15.1 Å². The minimum absolute atomic E-state index is 0.0363. The van der Waals surface area contributed by atoms with E-state index in [2.05, 4.69) is 10.1 Å². The van der Waals surface area contributed by atoms with Gasteiger partial charge in [0.15, 0.2) is 5.84 Å². The van der Waals surface area contributed by atoms with Crippen molar-refractivity contribution in [2.75, 3.05) is 24.7 Å². The van der Waals surface area contributed by atoms with Crippen molar-refractivity contribution in [1.82, 2.24) is 4.98 Å². The van der Waals surface area contributed by atoms with E-state index in [4.69, 9.17) is 15.7 Å². The maximum absolute atomic E-state index is 9.32. The molecule has 0 aromatic carbocycles. The monoisotopic (exact) mass is 294 g/mol. The lowest BCUT2D eigenvalue weighted by Gasteiger charge is -2.39. The molecule has 1 aromatic heterocycles. The molecule has 21 heavy (non-hydrogen) atoms. The van der Waals surface area contributed by atoms with Gasteiger partial charge in [0, 0.05) is 12.2 Å². The summed E-state index contributed by atoms with van der Waals surface area (Å²) in [6.45, 7) is 6.78. The van der Waals surface area contributed by atoms with E-state index in [1.54, 1.807) is 0 Å². The lowest BCUT2D eigenvalue weighted by Crippen LogP contribution is -2.50. The van der Waals surface area contributed by atoms with Gasteiger partial charge in [-0.25, -0.2) is 4.98 Å². The van der Waals surface area contributed by atoms with Gasteiger partial charge in [-0.2, -0.15) is 0 Å². The van der Waals surface area contributed by atoms with Crippen LogP contribution in [0.5, 0.6) is 0 Å². The summed E-state index contributed by atoms with van der Waals surface area (Å²) in [6.07, 6.45) is -0.260. The first-order valence-electron chi connectivity index (χ1n) is 6.93. The molecule has 0 saturated carbocycles. The molecule has 2 rings (SSSR count). The number of oxime groups is 1. The molecule has 116 valence electrons. The van der Waals surface area contributed by atoms with Gasteiger partial charge in [-0.05, 0) is 32.4 Å². The normalized spacial score (nSPS) is 23.4. The van der Waals surface area contributed by atoms with E-state index in [1.807, 2.05) is 31.7 Å². The predicted octanol–water partition coefficient (Wildman–Crippen LogP) is 0.379. The average Bonchev–Trinajstić information content (AvgIpc) is 2.46. The van der Waals surface area contributed by atoms with Crippen molar-refractivity contribution in [1.29, 1.82) is 0 Å². The van der Waals surface area contributed by atoms with Crippen molar-refractivity contribution in [2.24, 2.45) is 10.9 Å². The van der Waals surface area contributed by atoms with E-state index in [1.165, 1.54) is 0 Å². The Kier molecular flexibility index (Phi) is 4.64. The zero-order valence-electron chi connectivity index (χ0n) is 12.6. The molecule has 0 aliphatic carbocycles. The molecule has 0 bridgehead atoms. The number of ether oxygens (including phenoxy) is 1. The Bertz CT molecular complexity index is 547. The molecule has 2 heterocycles. The smallest absolute Gasteiger partial charge is 0.174 e. The summed E-state index contributed by atoms with van der Waals surface area (Å²) in [6, 6.07) is 1.98. The zero-order valence-corrected chi connectivity index (χ0v) is 12.6. The van der Waals surface area contributed by atoms with Gasteiger partial charge in [0.2, 0.25) is 0 Å². The molecule has 0 radical (unpaired) electrons. The predicted molar refractivity (Wildman–Crippen MR) is 79.9 cm³/mol. The van der Waals surface area contributed by atoms with E-state index in [9.17, 15) is 5.11 Å². The molecule has 2 atom stereocenters. The van der Waals surface area contributed by atoms with Crippen LogP contribution in [0.4, 0.5) is 5.82 Å².